The van der Waals surface area contributed by atoms with Gasteiger partial charge in [-0.1, -0.05) is 18.2 Å². The van der Waals surface area contributed by atoms with Gasteiger partial charge in [-0.3, -0.25) is 0 Å². The predicted molar refractivity (Wildman–Crippen MR) is 86.7 cm³/mol. The Morgan fingerprint density at radius 1 is 1.13 bits per heavy atom. The van der Waals surface area contributed by atoms with Gasteiger partial charge in [-0.05, 0) is 36.4 Å². The van der Waals surface area contributed by atoms with Crippen molar-refractivity contribution in [3.8, 4) is 6.07 Å². The smallest absolute Gasteiger partial charge is 0.306 e. The van der Waals surface area contributed by atoms with Crippen LogP contribution in [0.5, 0.6) is 0 Å². The molecule has 0 radical (unpaired) electrons. The van der Waals surface area contributed by atoms with Crippen LogP contribution in [0.1, 0.15) is 5.56 Å². The van der Waals surface area contributed by atoms with E-state index in [1.165, 1.54) is 11.3 Å². The molecule has 0 fully saturated rings. The monoisotopic (exact) mass is 303 g/mol. The molecule has 1 N–H and O–H groups in total. The fourth-order valence-corrected chi connectivity index (χ4v) is 2.10. The van der Waals surface area contributed by atoms with Gasteiger partial charge in [-0.25, -0.2) is 14.5 Å². The lowest BCUT2D eigenvalue weighted by molar-refractivity contribution is 0.255. The third-order valence-corrected chi connectivity index (χ3v) is 3.18. The van der Waals surface area contributed by atoms with Crippen LogP contribution in [0.15, 0.2) is 73.3 Å². The van der Waals surface area contributed by atoms with Crippen LogP contribution in [0, 0.1) is 11.3 Å². The number of nitrogens with zero attached hydrogens (tertiary/aromatic N) is 4. The Morgan fingerprint density at radius 2 is 1.87 bits per heavy atom. The molecule has 0 saturated carbocycles. The third-order valence-electron chi connectivity index (χ3n) is 3.18. The lowest BCUT2D eigenvalue weighted by atomic mass is 10.2. The van der Waals surface area contributed by atoms with E-state index in [-0.39, 0.29) is 6.03 Å². The second-order valence-corrected chi connectivity index (χ2v) is 4.71. The Balaban J connectivity index is 1.92. The van der Waals surface area contributed by atoms with Gasteiger partial charge >= 0.3 is 6.03 Å². The minimum Gasteiger partial charge on any atom is -0.306 e. The fourth-order valence-electron chi connectivity index (χ4n) is 2.10. The molecule has 0 aliphatic rings. The van der Waals surface area contributed by atoms with Gasteiger partial charge in [0.15, 0.2) is 0 Å². The fraction of sp³-hybridized carbons (Fsp3) is 0. The topological polar surface area (TPSA) is 74.0 Å². The van der Waals surface area contributed by atoms with Crippen LogP contribution in [0.25, 0.3) is 0 Å². The van der Waals surface area contributed by atoms with Gasteiger partial charge in [0, 0.05) is 18.1 Å². The van der Waals surface area contributed by atoms with Crippen molar-refractivity contribution in [2.24, 2.45) is 0 Å². The minimum absolute atomic E-state index is 0.334. The summed E-state index contributed by atoms with van der Waals surface area (Å²) in [5, 5.41) is 13.2. The number of imidazole rings is 1. The number of para-hydroxylation sites is 1. The van der Waals surface area contributed by atoms with E-state index in [1.54, 1.807) is 41.3 Å². The van der Waals surface area contributed by atoms with E-state index in [1.807, 2.05) is 30.3 Å². The predicted octanol–water partition coefficient (Wildman–Crippen LogP) is 3.26. The highest BCUT2D eigenvalue weighted by atomic mass is 16.2. The molecule has 6 heteroatoms. The highest BCUT2D eigenvalue weighted by Crippen LogP contribution is 2.18. The number of hydrogen-bond donors (Lipinski definition) is 1. The van der Waals surface area contributed by atoms with Gasteiger partial charge in [0.1, 0.15) is 6.33 Å². The molecule has 0 saturated heterocycles. The summed E-state index contributed by atoms with van der Waals surface area (Å²) in [6.45, 7) is 0. The van der Waals surface area contributed by atoms with E-state index in [2.05, 4.69) is 16.4 Å². The summed E-state index contributed by atoms with van der Waals surface area (Å²) in [4.78, 5) is 16.6. The zero-order valence-corrected chi connectivity index (χ0v) is 12.1. The second-order valence-electron chi connectivity index (χ2n) is 4.71. The molecule has 0 aliphatic heterocycles. The van der Waals surface area contributed by atoms with Crippen LogP contribution in [-0.2, 0) is 0 Å². The molecule has 2 aromatic carbocycles. The summed E-state index contributed by atoms with van der Waals surface area (Å²) >= 11 is 0. The Labute approximate surface area is 133 Å². The van der Waals surface area contributed by atoms with Crippen LogP contribution < -0.4 is 10.3 Å². The molecule has 0 bridgehead atoms. The highest BCUT2D eigenvalue weighted by molar-refractivity contribution is 6.01. The van der Waals surface area contributed by atoms with Gasteiger partial charge < -0.3 is 5.32 Å². The number of carbonyl (C=O) groups excluding carboxylic acids is 1. The summed E-state index contributed by atoms with van der Waals surface area (Å²) in [7, 11) is 0. The second kappa shape index (κ2) is 6.45. The van der Waals surface area contributed by atoms with Crippen molar-refractivity contribution < 1.29 is 4.79 Å². The van der Waals surface area contributed by atoms with Gasteiger partial charge in [-0.15, -0.1) is 0 Å². The van der Waals surface area contributed by atoms with Crippen molar-refractivity contribution in [2.45, 2.75) is 0 Å². The number of hydrogen-bond acceptors (Lipinski definition) is 3. The average molecular weight is 303 g/mol. The van der Waals surface area contributed by atoms with Crippen molar-refractivity contribution in [2.75, 3.05) is 10.3 Å². The molecule has 6 nitrogen and oxygen atoms in total. The van der Waals surface area contributed by atoms with E-state index in [9.17, 15) is 4.79 Å². The molecule has 112 valence electrons. The van der Waals surface area contributed by atoms with Crippen LogP contribution in [0.3, 0.4) is 0 Å². The molecular weight excluding hydrogens is 290 g/mol. The molecule has 3 aromatic rings. The van der Waals surface area contributed by atoms with E-state index in [0.29, 0.717) is 16.9 Å². The summed E-state index contributed by atoms with van der Waals surface area (Å²) < 4.78 is 1.57. The standard InChI is InChI=1S/C17H13N5O/c18-12-14-6-8-16(9-7-14)22(21-11-10-19-13-21)17(23)20-15-4-2-1-3-5-15/h1-11,13H,(H,20,23). The zero-order valence-electron chi connectivity index (χ0n) is 12.1. The number of urea groups is 1. The largest absolute Gasteiger partial charge is 0.345 e. The molecule has 0 spiro atoms. The molecule has 1 heterocycles. The van der Waals surface area contributed by atoms with E-state index in [4.69, 9.17) is 5.26 Å². The molecular formula is C17H13N5O. The zero-order chi connectivity index (χ0) is 16.1. The number of anilines is 2. The van der Waals surface area contributed by atoms with Gasteiger partial charge in [0.05, 0.1) is 17.3 Å². The Kier molecular flexibility index (Phi) is 4.03. The first-order valence-electron chi connectivity index (χ1n) is 6.92. The molecule has 0 atom stereocenters. The number of nitriles is 1. The number of nitrogens with one attached hydrogen (secondary N) is 1. The first kappa shape index (κ1) is 14.4. The number of amides is 2. The molecule has 3 rings (SSSR count). The Bertz CT molecular complexity index is 820. The van der Waals surface area contributed by atoms with Gasteiger partial charge in [-0.2, -0.15) is 10.3 Å². The summed E-state index contributed by atoms with van der Waals surface area (Å²) in [5.74, 6) is 0. The molecule has 2 amide bonds. The van der Waals surface area contributed by atoms with Crippen molar-refractivity contribution in [3.63, 3.8) is 0 Å². The SMILES string of the molecule is N#Cc1ccc(N(C(=O)Nc2ccccc2)n2ccnc2)cc1. The van der Waals surface area contributed by atoms with Crippen molar-refractivity contribution >= 4 is 17.4 Å². The van der Waals surface area contributed by atoms with Crippen LogP contribution in [-0.4, -0.2) is 15.7 Å². The number of aromatic nitrogens is 2. The quantitative estimate of drug-likeness (QED) is 0.807. The van der Waals surface area contributed by atoms with Crippen LogP contribution in [0.2, 0.25) is 0 Å². The van der Waals surface area contributed by atoms with Crippen molar-refractivity contribution in [3.05, 3.63) is 78.9 Å². The maximum Gasteiger partial charge on any atom is 0.345 e. The van der Waals surface area contributed by atoms with E-state index < -0.39 is 0 Å². The van der Waals surface area contributed by atoms with Crippen LogP contribution in [0.4, 0.5) is 16.2 Å². The first-order chi connectivity index (χ1) is 11.3. The van der Waals surface area contributed by atoms with Gasteiger partial charge in [0.25, 0.3) is 0 Å². The van der Waals surface area contributed by atoms with Crippen LogP contribution >= 0.6 is 0 Å². The first-order valence-corrected chi connectivity index (χ1v) is 6.92. The highest BCUT2D eigenvalue weighted by Gasteiger charge is 2.17. The molecule has 0 aliphatic carbocycles. The Hall–Kier alpha value is -3.59. The average Bonchev–Trinajstić information content (AvgIpc) is 3.11. The number of carbonyl (C=O) groups is 1. The molecule has 1 aromatic heterocycles. The normalized spacial score (nSPS) is 9.87. The van der Waals surface area contributed by atoms with Crippen molar-refractivity contribution in [1.82, 2.24) is 9.66 Å². The lowest BCUT2D eigenvalue weighted by Crippen LogP contribution is -2.38. The maximum atomic E-state index is 12.7. The van der Waals surface area contributed by atoms with Gasteiger partial charge in [0.2, 0.25) is 0 Å². The summed E-state index contributed by atoms with van der Waals surface area (Å²) in [6, 6.07) is 17.7. The summed E-state index contributed by atoms with van der Waals surface area (Å²) in [6.07, 6.45) is 4.79. The number of benzene rings is 2. The third kappa shape index (κ3) is 3.19. The van der Waals surface area contributed by atoms with E-state index >= 15 is 0 Å². The lowest BCUT2D eigenvalue weighted by Gasteiger charge is -2.23. The molecule has 23 heavy (non-hydrogen) atoms. The van der Waals surface area contributed by atoms with E-state index in [0.717, 1.165) is 0 Å². The van der Waals surface area contributed by atoms with Crippen molar-refractivity contribution in [1.29, 1.82) is 5.26 Å². The Morgan fingerprint density at radius 3 is 2.48 bits per heavy atom. The minimum atomic E-state index is -0.334. The number of rotatable bonds is 3. The summed E-state index contributed by atoms with van der Waals surface area (Å²) in [5.41, 5.74) is 1.84. The molecule has 0 unspecified atom stereocenters. The maximum absolute atomic E-state index is 12.7.